The van der Waals surface area contributed by atoms with Gasteiger partial charge in [-0.1, -0.05) is 64.9 Å². The molecule has 0 fully saturated rings. The zero-order valence-corrected chi connectivity index (χ0v) is 10.6. The average molecular weight is 226 g/mol. The third kappa shape index (κ3) is 9.75. The number of aliphatic carboxylic acids is 1. The normalized spacial score (nSPS) is 10.3. The van der Waals surface area contributed by atoms with Crippen LogP contribution in [0.4, 0.5) is 0 Å². The molecule has 1 N–H and O–H groups in total. The predicted molar refractivity (Wildman–Crippen MR) is 68.6 cm³/mol. The topological polar surface area (TPSA) is 37.3 Å². The fourth-order valence-electron chi connectivity index (χ4n) is 1.76. The Morgan fingerprint density at radius 1 is 0.938 bits per heavy atom. The summed E-state index contributed by atoms with van der Waals surface area (Å²) in [5.74, 6) is -0.848. The quantitative estimate of drug-likeness (QED) is 0.414. The zero-order chi connectivity index (χ0) is 12.2. The number of carboxylic acids is 1. The minimum Gasteiger partial charge on any atom is -0.478 e. The Morgan fingerprint density at radius 3 is 1.81 bits per heavy atom. The first-order chi connectivity index (χ1) is 7.68. The average Bonchev–Trinajstić information content (AvgIpc) is 2.26. The highest BCUT2D eigenvalue weighted by Crippen LogP contribution is 2.12. The smallest absolute Gasteiger partial charge is 0.330 e. The molecule has 0 aromatic carbocycles. The summed E-state index contributed by atoms with van der Waals surface area (Å²) >= 11 is 0. The van der Waals surface area contributed by atoms with Crippen molar-refractivity contribution in [3.05, 3.63) is 12.2 Å². The molecule has 0 spiro atoms. The van der Waals surface area contributed by atoms with E-state index in [2.05, 4.69) is 13.5 Å². The molecule has 0 amide bonds. The van der Waals surface area contributed by atoms with E-state index in [0.29, 0.717) is 12.0 Å². The van der Waals surface area contributed by atoms with E-state index in [1.165, 1.54) is 44.9 Å². The maximum atomic E-state index is 10.5. The highest BCUT2D eigenvalue weighted by atomic mass is 16.4. The van der Waals surface area contributed by atoms with Crippen LogP contribution in [-0.2, 0) is 4.79 Å². The van der Waals surface area contributed by atoms with E-state index in [1.54, 1.807) is 0 Å². The SMILES string of the molecule is C=C(CCCCCCCCCCC)C(=O)O. The molecule has 94 valence electrons. The lowest BCUT2D eigenvalue weighted by Crippen LogP contribution is -1.98. The first-order valence-corrected chi connectivity index (χ1v) is 6.59. The van der Waals surface area contributed by atoms with Crippen LogP contribution in [0.5, 0.6) is 0 Å². The van der Waals surface area contributed by atoms with Gasteiger partial charge in [-0.15, -0.1) is 0 Å². The molecule has 0 aliphatic rings. The molecular weight excluding hydrogens is 200 g/mol. The fraction of sp³-hybridized carbons (Fsp3) is 0.786. The van der Waals surface area contributed by atoms with Crippen molar-refractivity contribution < 1.29 is 9.90 Å². The predicted octanol–water partition coefficient (Wildman–Crippen LogP) is 4.55. The number of rotatable bonds is 11. The molecule has 0 radical (unpaired) electrons. The van der Waals surface area contributed by atoms with Crippen molar-refractivity contribution in [3.63, 3.8) is 0 Å². The van der Waals surface area contributed by atoms with Crippen LogP contribution in [0.1, 0.15) is 71.1 Å². The summed E-state index contributed by atoms with van der Waals surface area (Å²) in [7, 11) is 0. The number of hydrogen-bond acceptors (Lipinski definition) is 1. The second-order valence-corrected chi connectivity index (χ2v) is 4.49. The molecule has 0 heterocycles. The van der Waals surface area contributed by atoms with E-state index in [-0.39, 0.29) is 0 Å². The number of carbonyl (C=O) groups is 1. The summed E-state index contributed by atoms with van der Waals surface area (Å²) < 4.78 is 0. The molecule has 0 aliphatic carbocycles. The largest absolute Gasteiger partial charge is 0.478 e. The molecule has 2 heteroatoms. The highest BCUT2D eigenvalue weighted by Gasteiger charge is 2.02. The van der Waals surface area contributed by atoms with Gasteiger partial charge < -0.3 is 5.11 Å². The maximum absolute atomic E-state index is 10.5. The van der Waals surface area contributed by atoms with E-state index < -0.39 is 5.97 Å². The van der Waals surface area contributed by atoms with Crippen molar-refractivity contribution in [3.8, 4) is 0 Å². The summed E-state index contributed by atoms with van der Waals surface area (Å²) in [6.45, 7) is 5.75. The molecule has 2 nitrogen and oxygen atoms in total. The lowest BCUT2D eigenvalue weighted by atomic mass is 10.0. The summed E-state index contributed by atoms with van der Waals surface area (Å²) in [5.41, 5.74) is 0.350. The second kappa shape index (κ2) is 10.7. The van der Waals surface area contributed by atoms with E-state index in [0.717, 1.165) is 12.8 Å². The first-order valence-electron chi connectivity index (χ1n) is 6.59. The first kappa shape index (κ1) is 15.2. The summed E-state index contributed by atoms with van der Waals surface area (Å²) in [6.07, 6.45) is 12.0. The van der Waals surface area contributed by atoms with Crippen LogP contribution in [0.3, 0.4) is 0 Å². The van der Waals surface area contributed by atoms with Crippen LogP contribution >= 0.6 is 0 Å². The van der Waals surface area contributed by atoms with Crippen LogP contribution in [0.2, 0.25) is 0 Å². The van der Waals surface area contributed by atoms with Crippen LogP contribution < -0.4 is 0 Å². The molecular formula is C14H26O2. The van der Waals surface area contributed by atoms with E-state index in [9.17, 15) is 4.79 Å². The third-order valence-electron chi connectivity index (χ3n) is 2.88. The minimum atomic E-state index is -0.848. The van der Waals surface area contributed by atoms with Gasteiger partial charge in [0, 0.05) is 5.57 Å². The zero-order valence-electron chi connectivity index (χ0n) is 10.6. The minimum absolute atomic E-state index is 0.350. The van der Waals surface area contributed by atoms with Crippen molar-refractivity contribution in [2.45, 2.75) is 71.1 Å². The number of unbranched alkanes of at least 4 members (excludes halogenated alkanes) is 8. The van der Waals surface area contributed by atoms with Gasteiger partial charge in [0.1, 0.15) is 0 Å². The van der Waals surface area contributed by atoms with Gasteiger partial charge in [-0.05, 0) is 12.8 Å². The molecule has 0 aliphatic heterocycles. The van der Waals surface area contributed by atoms with E-state index >= 15 is 0 Å². The summed E-state index contributed by atoms with van der Waals surface area (Å²) in [6, 6.07) is 0. The van der Waals surface area contributed by atoms with Gasteiger partial charge in [-0.3, -0.25) is 0 Å². The van der Waals surface area contributed by atoms with Gasteiger partial charge in [0.05, 0.1) is 0 Å². The molecule has 16 heavy (non-hydrogen) atoms. The highest BCUT2D eigenvalue weighted by molar-refractivity contribution is 5.85. The van der Waals surface area contributed by atoms with Gasteiger partial charge in [-0.25, -0.2) is 4.79 Å². The van der Waals surface area contributed by atoms with Crippen molar-refractivity contribution in [2.24, 2.45) is 0 Å². The Balaban J connectivity index is 3.10. The molecule has 0 rings (SSSR count). The van der Waals surface area contributed by atoms with Gasteiger partial charge in [0.25, 0.3) is 0 Å². The van der Waals surface area contributed by atoms with Crippen LogP contribution in [0, 0.1) is 0 Å². The van der Waals surface area contributed by atoms with Gasteiger partial charge in [-0.2, -0.15) is 0 Å². The van der Waals surface area contributed by atoms with Gasteiger partial charge >= 0.3 is 5.97 Å². The van der Waals surface area contributed by atoms with Crippen molar-refractivity contribution in [1.29, 1.82) is 0 Å². The number of hydrogen-bond donors (Lipinski definition) is 1. The van der Waals surface area contributed by atoms with Crippen LogP contribution in [0.15, 0.2) is 12.2 Å². The number of carboxylic acid groups (broad SMARTS) is 1. The van der Waals surface area contributed by atoms with Crippen LogP contribution in [0.25, 0.3) is 0 Å². The standard InChI is InChI=1S/C14H26O2/c1-3-4-5-6-7-8-9-10-11-12-13(2)14(15)16/h2-12H2,1H3,(H,15,16). The lowest BCUT2D eigenvalue weighted by molar-refractivity contribution is -0.132. The monoisotopic (exact) mass is 226 g/mol. The van der Waals surface area contributed by atoms with Crippen molar-refractivity contribution in [1.82, 2.24) is 0 Å². The van der Waals surface area contributed by atoms with Crippen molar-refractivity contribution >= 4 is 5.97 Å². The lowest BCUT2D eigenvalue weighted by Gasteiger charge is -2.02. The van der Waals surface area contributed by atoms with E-state index in [4.69, 9.17) is 5.11 Å². The van der Waals surface area contributed by atoms with Crippen molar-refractivity contribution in [2.75, 3.05) is 0 Å². The fourth-order valence-corrected chi connectivity index (χ4v) is 1.76. The van der Waals surface area contributed by atoms with Gasteiger partial charge in [0.15, 0.2) is 0 Å². The summed E-state index contributed by atoms with van der Waals surface area (Å²) in [4.78, 5) is 10.5. The summed E-state index contributed by atoms with van der Waals surface area (Å²) in [5, 5.41) is 8.61. The second-order valence-electron chi connectivity index (χ2n) is 4.49. The molecule has 0 saturated heterocycles. The Bertz CT molecular complexity index is 197. The molecule has 0 unspecified atom stereocenters. The Labute approximate surface area is 99.7 Å². The molecule has 0 atom stereocenters. The molecule has 0 aromatic heterocycles. The molecule has 0 saturated carbocycles. The van der Waals surface area contributed by atoms with E-state index in [1.807, 2.05) is 0 Å². The molecule has 0 aromatic rings. The third-order valence-corrected chi connectivity index (χ3v) is 2.88. The molecule has 0 bridgehead atoms. The Hall–Kier alpha value is -0.790. The Morgan fingerprint density at radius 2 is 1.38 bits per heavy atom. The maximum Gasteiger partial charge on any atom is 0.330 e. The van der Waals surface area contributed by atoms with Crippen LogP contribution in [-0.4, -0.2) is 11.1 Å². The Kier molecular flexibility index (Phi) is 10.2. The van der Waals surface area contributed by atoms with Gasteiger partial charge in [0.2, 0.25) is 0 Å².